The van der Waals surface area contributed by atoms with Crippen molar-refractivity contribution in [2.45, 2.75) is 6.42 Å². The summed E-state index contributed by atoms with van der Waals surface area (Å²) >= 11 is 0. The first-order chi connectivity index (χ1) is 3.45. The fraction of sp³-hybridized carbons (Fsp3) is 0.714. The zero-order valence-electron chi connectivity index (χ0n) is 6.01. The molecule has 1 radical (unpaired) electrons. The Morgan fingerprint density at radius 3 is 2.33 bits per heavy atom. The Morgan fingerprint density at radius 2 is 2.22 bits per heavy atom. The summed E-state index contributed by atoms with van der Waals surface area (Å²) in [6.45, 7) is 3.99. The van der Waals surface area contributed by atoms with E-state index in [0.29, 0.717) is 0 Å². The summed E-state index contributed by atoms with van der Waals surface area (Å²) in [5.74, 6) is 0.972. The molecule has 0 N–H and O–H groups in total. The van der Waals surface area contributed by atoms with Gasteiger partial charge in [-0.1, -0.05) is 6.42 Å². The fourth-order valence-corrected chi connectivity index (χ4v) is 1.52. The van der Waals surface area contributed by atoms with Gasteiger partial charge in [0.2, 0.25) is 0 Å². The summed E-state index contributed by atoms with van der Waals surface area (Å²) in [7, 11) is 0. The molecule has 0 amide bonds. The average Bonchev–Trinajstić information content (AvgIpc) is 2.22. The van der Waals surface area contributed by atoms with E-state index in [1.165, 1.54) is 26.1 Å². The second kappa shape index (κ2) is 4.05. The van der Waals surface area contributed by atoms with Crippen LogP contribution in [0.1, 0.15) is 6.42 Å². The Hall–Kier alpha value is 1.06. The van der Waals surface area contributed by atoms with Crippen LogP contribution in [0.3, 0.4) is 0 Å². The van der Waals surface area contributed by atoms with Gasteiger partial charge >= 0.3 is 0 Å². The van der Waals surface area contributed by atoms with Gasteiger partial charge in [-0.05, 0) is 13.1 Å². The molecule has 2 heterocycles. The van der Waals surface area contributed by atoms with Crippen molar-refractivity contribution >= 4 is 0 Å². The van der Waals surface area contributed by atoms with Crippen LogP contribution in [0.4, 0.5) is 0 Å². The largest absolute Gasteiger partial charge is 0.358 e. The van der Waals surface area contributed by atoms with Crippen LogP contribution in [-0.2, 0) is 32.7 Å². The van der Waals surface area contributed by atoms with Gasteiger partial charge in [-0.25, -0.2) is 0 Å². The second-order valence-electron chi connectivity index (χ2n) is 2.54. The van der Waals surface area contributed by atoms with Gasteiger partial charge in [-0.15, -0.1) is 6.54 Å². The topological polar surface area (TPSA) is 3.24 Å². The number of nitrogens with zero attached hydrogens (tertiary/aromatic N) is 1. The number of rotatable bonds is 0. The molecule has 2 unspecified atom stereocenters. The first-order valence-corrected chi connectivity index (χ1v) is 3.01. The maximum Gasteiger partial charge on any atom is 0 e. The van der Waals surface area contributed by atoms with Gasteiger partial charge in [0, 0.05) is 32.7 Å². The molecule has 2 bridgehead atoms. The first kappa shape index (κ1) is 10.1. The molecule has 0 spiro atoms. The van der Waals surface area contributed by atoms with E-state index >= 15 is 0 Å². The van der Waals surface area contributed by atoms with Gasteiger partial charge in [0.25, 0.3) is 0 Å². The summed E-state index contributed by atoms with van der Waals surface area (Å²) in [6.07, 6.45) is 3.86. The molecule has 9 heavy (non-hydrogen) atoms. The molecule has 2 rings (SSSR count). The third-order valence-corrected chi connectivity index (χ3v) is 2.01. The molecule has 2 aliphatic rings. The Balaban J connectivity index is 0.000000320. The predicted molar refractivity (Wildman–Crippen MR) is 35.3 cm³/mol. The van der Waals surface area contributed by atoms with E-state index < -0.39 is 0 Å². The Labute approximate surface area is 83.1 Å². The number of fused-ring (bicyclic) bond motifs is 2. The Bertz CT molecular complexity index is 67.0. The van der Waals surface area contributed by atoms with E-state index in [1.54, 1.807) is 0 Å². The second-order valence-corrected chi connectivity index (χ2v) is 2.54. The van der Waals surface area contributed by atoms with Crippen molar-refractivity contribution in [3.05, 3.63) is 13.8 Å². The van der Waals surface area contributed by atoms with Crippen LogP contribution >= 0.6 is 0 Å². The Kier molecular flexibility index (Phi) is 4.53. The van der Waals surface area contributed by atoms with Crippen LogP contribution < -0.4 is 0 Å². The van der Waals surface area contributed by atoms with Gasteiger partial charge in [0.05, 0.1) is 0 Å². The standard InChI is InChI=1S/C6H10N.CH3.Y/c1-3-7-4-2-6(1)5-7;;/h1,6H,2-5H2;1H3;/q2*-1;. The van der Waals surface area contributed by atoms with Crippen molar-refractivity contribution in [1.29, 1.82) is 0 Å². The smallest absolute Gasteiger partial charge is 0 e. The maximum atomic E-state index is 2.50. The molecular formula is C7H13NY-2. The zero-order chi connectivity index (χ0) is 4.69. The van der Waals surface area contributed by atoms with Gasteiger partial charge in [0.15, 0.2) is 0 Å². The third kappa shape index (κ3) is 1.99. The maximum absolute atomic E-state index is 2.50. The number of hydrogen-bond acceptors (Lipinski definition) is 1. The van der Waals surface area contributed by atoms with Gasteiger partial charge in [-0.3, -0.25) is 0 Å². The minimum Gasteiger partial charge on any atom is -0.358 e. The van der Waals surface area contributed by atoms with E-state index in [9.17, 15) is 0 Å². The van der Waals surface area contributed by atoms with Crippen molar-refractivity contribution in [3.63, 3.8) is 0 Å². The molecular weight excluding hydrogens is 187 g/mol. The van der Waals surface area contributed by atoms with E-state index in [4.69, 9.17) is 0 Å². The fourth-order valence-electron chi connectivity index (χ4n) is 1.52. The summed E-state index contributed by atoms with van der Waals surface area (Å²) in [5.41, 5.74) is 0. The van der Waals surface area contributed by atoms with E-state index in [1.807, 2.05) is 0 Å². The van der Waals surface area contributed by atoms with Crippen LogP contribution in [0.15, 0.2) is 0 Å². The molecule has 2 aliphatic heterocycles. The molecule has 0 aromatic rings. The minimum atomic E-state index is 0. The van der Waals surface area contributed by atoms with Crippen molar-refractivity contribution in [2.24, 2.45) is 5.92 Å². The quantitative estimate of drug-likeness (QED) is 0.527. The van der Waals surface area contributed by atoms with Gasteiger partial charge in [0.1, 0.15) is 0 Å². The van der Waals surface area contributed by atoms with Crippen molar-refractivity contribution in [2.75, 3.05) is 19.6 Å². The summed E-state index contributed by atoms with van der Waals surface area (Å²) in [4.78, 5) is 2.50. The monoisotopic (exact) mass is 200 g/mol. The molecule has 2 fully saturated rings. The van der Waals surface area contributed by atoms with Crippen LogP contribution in [0.5, 0.6) is 0 Å². The normalized spacial score (nSPS) is 37.3. The zero-order valence-corrected chi connectivity index (χ0v) is 8.85. The average molecular weight is 200 g/mol. The minimum absolute atomic E-state index is 0. The molecule has 2 atom stereocenters. The SMILES string of the molecule is [CH-]1CN2CCC1C2.[CH3-].[Y]. The van der Waals surface area contributed by atoms with Gasteiger partial charge in [-0.2, -0.15) is 5.92 Å². The summed E-state index contributed by atoms with van der Waals surface area (Å²) < 4.78 is 0. The molecule has 2 saturated heterocycles. The van der Waals surface area contributed by atoms with Crippen LogP contribution in [0.2, 0.25) is 0 Å². The third-order valence-electron chi connectivity index (χ3n) is 2.01. The van der Waals surface area contributed by atoms with E-state index in [2.05, 4.69) is 11.3 Å². The first-order valence-electron chi connectivity index (χ1n) is 3.01. The number of hydrogen-bond donors (Lipinski definition) is 0. The summed E-state index contributed by atoms with van der Waals surface area (Å²) in [6, 6.07) is 0. The van der Waals surface area contributed by atoms with Crippen LogP contribution in [-0.4, -0.2) is 24.5 Å². The number of piperidine rings is 1. The molecule has 0 aromatic heterocycles. The van der Waals surface area contributed by atoms with Crippen LogP contribution in [0.25, 0.3) is 0 Å². The predicted octanol–water partition coefficient (Wildman–Crippen LogP) is 0.974. The molecule has 2 heteroatoms. The Morgan fingerprint density at radius 1 is 1.44 bits per heavy atom. The molecule has 0 aliphatic carbocycles. The van der Waals surface area contributed by atoms with E-state index in [0.717, 1.165) is 5.92 Å². The van der Waals surface area contributed by atoms with Crippen molar-refractivity contribution < 1.29 is 32.7 Å². The van der Waals surface area contributed by atoms with Gasteiger partial charge < -0.3 is 18.7 Å². The molecule has 51 valence electrons. The van der Waals surface area contributed by atoms with E-state index in [-0.39, 0.29) is 40.1 Å². The van der Waals surface area contributed by atoms with Crippen molar-refractivity contribution in [1.82, 2.24) is 4.90 Å². The molecule has 0 aromatic carbocycles. The molecule has 0 saturated carbocycles. The summed E-state index contributed by atoms with van der Waals surface area (Å²) in [5, 5.41) is 0. The van der Waals surface area contributed by atoms with Crippen molar-refractivity contribution in [3.8, 4) is 0 Å². The molecule has 1 nitrogen and oxygen atoms in total. The van der Waals surface area contributed by atoms with Crippen LogP contribution in [0, 0.1) is 19.8 Å².